The molecular weight excluding hydrogens is 333 g/mol. The lowest BCUT2D eigenvalue weighted by molar-refractivity contribution is -0.124. The fourth-order valence-corrected chi connectivity index (χ4v) is 3.23. The standard InChI is InChI=1S/C20H30FN3O2/c1-5-6-10-22-18(25)17-13-24(19(26)23-20(2,3)4)12-16(17)14-8-7-9-15(21)11-14/h7-9,11,16-17H,5-6,10,12-13H2,1-4H3,(H,22,25)(H,23,26)/t16-,17+/m0/s1. The molecule has 6 heteroatoms. The number of nitrogens with one attached hydrogen (secondary N) is 2. The van der Waals surface area contributed by atoms with E-state index in [2.05, 4.69) is 17.6 Å². The molecule has 0 radical (unpaired) electrons. The van der Waals surface area contributed by atoms with Gasteiger partial charge < -0.3 is 15.5 Å². The van der Waals surface area contributed by atoms with Gasteiger partial charge in [0.15, 0.2) is 0 Å². The van der Waals surface area contributed by atoms with Crippen molar-refractivity contribution in [3.8, 4) is 0 Å². The predicted molar refractivity (Wildman–Crippen MR) is 100 cm³/mol. The van der Waals surface area contributed by atoms with Gasteiger partial charge in [-0.15, -0.1) is 0 Å². The van der Waals surface area contributed by atoms with E-state index in [1.54, 1.807) is 11.0 Å². The number of carbonyl (C=O) groups excluding carboxylic acids is 2. The van der Waals surface area contributed by atoms with Crippen LogP contribution < -0.4 is 10.6 Å². The Hall–Kier alpha value is -2.11. The molecule has 26 heavy (non-hydrogen) atoms. The molecule has 1 aliphatic heterocycles. The molecule has 3 amide bonds. The molecule has 144 valence electrons. The Bertz CT molecular complexity index is 642. The molecule has 0 aliphatic carbocycles. The third-order valence-corrected chi connectivity index (χ3v) is 4.53. The Labute approximate surface area is 155 Å². The number of nitrogens with zero attached hydrogens (tertiary/aromatic N) is 1. The quantitative estimate of drug-likeness (QED) is 0.789. The Morgan fingerprint density at radius 3 is 2.62 bits per heavy atom. The van der Waals surface area contributed by atoms with E-state index < -0.39 is 0 Å². The Morgan fingerprint density at radius 2 is 2.00 bits per heavy atom. The number of likely N-dealkylation sites (tertiary alicyclic amines) is 1. The molecule has 1 fully saturated rings. The van der Waals surface area contributed by atoms with E-state index in [1.807, 2.05) is 26.8 Å². The molecule has 1 heterocycles. The highest BCUT2D eigenvalue weighted by atomic mass is 19.1. The molecule has 0 unspecified atom stereocenters. The molecule has 0 saturated carbocycles. The largest absolute Gasteiger partial charge is 0.356 e. The van der Waals surface area contributed by atoms with Gasteiger partial charge in [-0.1, -0.05) is 25.5 Å². The van der Waals surface area contributed by atoms with Crippen molar-refractivity contribution < 1.29 is 14.0 Å². The molecule has 1 saturated heterocycles. The molecule has 2 N–H and O–H groups in total. The van der Waals surface area contributed by atoms with Crippen molar-refractivity contribution in [1.29, 1.82) is 0 Å². The summed E-state index contributed by atoms with van der Waals surface area (Å²) in [6.07, 6.45) is 1.91. The van der Waals surface area contributed by atoms with Crippen LogP contribution in [0.15, 0.2) is 24.3 Å². The van der Waals surface area contributed by atoms with Gasteiger partial charge in [0.1, 0.15) is 5.82 Å². The molecule has 2 rings (SSSR count). The summed E-state index contributed by atoms with van der Waals surface area (Å²) < 4.78 is 13.7. The highest BCUT2D eigenvalue weighted by Crippen LogP contribution is 2.33. The van der Waals surface area contributed by atoms with Crippen LogP contribution in [0.3, 0.4) is 0 Å². The van der Waals surface area contributed by atoms with Gasteiger partial charge in [-0.25, -0.2) is 9.18 Å². The minimum atomic E-state index is -0.376. The second-order valence-electron chi connectivity index (χ2n) is 8.00. The summed E-state index contributed by atoms with van der Waals surface area (Å²) in [5.74, 6) is -0.985. The SMILES string of the molecule is CCCCNC(=O)[C@@H]1CN(C(=O)NC(C)(C)C)C[C@H]1c1cccc(F)c1. The number of benzene rings is 1. The summed E-state index contributed by atoms with van der Waals surface area (Å²) in [6, 6.07) is 6.13. The molecule has 0 bridgehead atoms. The molecule has 5 nitrogen and oxygen atoms in total. The topological polar surface area (TPSA) is 61.4 Å². The van der Waals surface area contributed by atoms with Crippen molar-refractivity contribution in [3.05, 3.63) is 35.6 Å². The molecule has 1 aromatic carbocycles. The normalized spacial score (nSPS) is 20.1. The maximum Gasteiger partial charge on any atom is 0.317 e. The van der Waals surface area contributed by atoms with Gasteiger partial charge in [-0.3, -0.25) is 4.79 Å². The van der Waals surface area contributed by atoms with Crippen LogP contribution in [0.1, 0.15) is 52.0 Å². The van der Waals surface area contributed by atoms with E-state index in [0.29, 0.717) is 19.6 Å². The first-order chi connectivity index (χ1) is 12.2. The van der Waals surface area contributed by atoms with Crippen molar-refractivity contribution in [1.82, 2.24) is 15.5 Å². The van der Waals surface area contributed by atoms with E-state index >= 15 is 0 Å². The molecule has 0 aromatic heterocycles. The zero-order valence-corrected chi connectivity index (χ0v) is 16.1. The smallest absolute Gasteiger partial charge is 0.317 e. The second kappa shape index (κ2) is 8.52. The van der Waals surface area contributed by atoms with Gasteiger partial charge in [-0.05, 0) is 44.9 Å². The number of unbranched alkanes of at least 4 members (excludes halogenated alkanes) is 1. The van der Waals surface area contributed by atoms with Gasteiger partial charge in [0.05, 0.1) is 5.92 Å². The number of amides is 3. The second-order valence-corrected chi connectivity index (χ2v) is 8.00. The van der Waals surface area contributed by atoms with Crippen LogP contribution in [-0.4, -0.2) is 42.0 Å². The third kappa shape index (κ3) is 5.44. The van der Waals surface area contributed by atoms with Gasteiger partial charge in [0.25, 0.3) is 0 Å². The van der Waals surface area contributed by atoms with Crippen molar-refractivity contribution in [3.63, 3.8) is 0 Å². The fourth-order valence-electron chi connectivity index (χ4n) is 3.23. The highest BCUT2D eigenvalue weighted by Gasteiger charge is 2.40. The lowest BCUT2D eigenvalue weighted by Gasteiger charge is -2.25. The van der Waals surface area contributed by atoms with Gasteiger partial charge >= 0.3 is 6.03 Å². The van der Waals surface area contributed by atoms with Crippen LogP contribution in [-0.2, 0) is 4.79 Å². The molecular formula is C20H30FN3O2. The van der Waals surface area contributed by atoms with Crippen LogP contribution >= 0.6 is 0 Å². The van der Waals surface area contributed by atoms with Crippen LogP contribution in [0.25, 0.3) is 0 Å². The number of hydrogen-bond donors (Lipinski definition) is 2. The van der Waals surface area contributed by atoms with E-state index in [1.165, 1.54) is 12.1 Å². The summed E-state index contributed by atoms with van der Waals surface area (Å²) in [5, 5.41) is 5.89. The van der Waals surface area contributed by atoms with Crippen LogP contribution in [0.2, 0.25) is 0 Å². The zero-order valence-electron chi connectivity index (χ0n) is 16.1. The lowest BCUT2D eigenvalue weighted by atomic mass is 9.88. The van der Waals surface area contributed by atoms with E-state index in [9.17, 15) is 14.0 Å². The summed E-state index contributed by atoms with van der Waals surface area (Å²) in [5.41, 5.74) is 0.402. The summed E-state index contributed by atoms with van der Waals surface area (Å²) in [4.78, 5) is 26.9. The first-order valence-electron chi connectivity index (χ1n) is 9.31. The average molecular weight is 363 g/mol. The number of rotatable bonds is 5. The predicted octanol–water partition coefficient (Wildman–Crippen LogP) is 3.27. The maximum atomic E-state index is 13.7. The van der Waals surface area contributed by atoms with Crippen molar-refractivity contribution in [2.45, 2.75) is 52.0 Å². The van der Waals surface area contributed by atoms with Gasteiger partial charge in [0, 0.05) is 31.1 Å². The van der Waals surface area contributed by atoms with Crippen molar-refractivity contribution in [2.75, 3.05) is 19.6 Å². The Morgan fingerprint density at radius 1 is 1.27 bits per heavy atom. The third-order valence-electron chi connectivity index (χ3n) is 4.53. The van der Waals surface area contributed by atoms with E-state index in [0.717, 1.165) is 18.4 Å². The molecule has 0 spiro atoms. The van der Waals surface area contributed by atoms with Crippen molar-refractivity contribution >= 4 is 11.9 Å². The summed E-state index contributed by atoms with van der Waals surface area (Å²) >= 11 is 0. The molecule has 1 aromatic rings. The Kier molecular flexibility index (Phi) is 6.62. The Balaban J connectivity index is 2.18. The van der Waals surface area contributed by atoms with Gasteiger partial charge in [-0.2, -0.15) is 0 Å². The monoisotopic (exact) mass is 363 g/mol. The van der Waals surface area contributed by atoms with Gasteiger partial charge in [0.2, 0.25) is 5.91 Å². The van der Waals surface area contributed by atoms with Crippen LogP contribution in [0, 0.1) is 11.7 Å². The van der Waals surface area contributed by atoms with Crippen LogP contribution in [0.4, 0.5) is 9.18 Å². The summed E-state index contributed by atoms with van der Waals surface area (Å²) in [7, 11) is 0. The lowest BCUT2D eigenvalue weighted by Crippen LogP contribution is -2.48. The number of hydrogen-bond acceptors (Lipinski definition) is 2. The number of halogens is 1. The fraction of sp³-hybridized carbons (Fsp3) is 0.600. The van der Waals surface area contributed by atoms with Crippen molar-refractivity contribution in [2.24, 2.45) is 5.92 Å². The first-order valence-corrected chi connectivity index (χ1v) is 9.31. The maximum absolute atomic E-state index is 13.7. The number of urea groups is 1. The molecule has 1 aliphatic rings. The van der Waals surface area contributed by atoms with E-state index in [4.69, 9.17) is 0 Å². The molecule has 2 atom stereocenters. The number of carbonyl (C=O) groups is 2. The van der Waals surface area contributed by atoms with E-state index in [-0.39, 0.29) is 35.1 Å². The first kappa shape index (κ1) is 20.2. The van der Waals surface area contributed by atoms with Crippen LogP contribution in [0.5, 0.6) is 0 Å². The highest BCUT2D eigenvalue weighted by molar-refractivity contribution is 5.83. The zero-order chi connectivity index (χ0) is 19.3. The minimum Gasteiger partial charge on any atom is -0.356 e. The summed E-state index contributed by atoms with van der Waals surface area (Å²) in [6.45, 7) is 9.17. The average Bonchev–Trinajstić information content (AvgIpc) is 2.99. The minimum absolute atomic E-state index is 0.0706.